The molecule has 9 heteroatoms. The lowest BCUT2D eigenvalue weighted by Crippen LogP contribution is -2.52. The van der Waals surface area contributed by atoms with Gasteiger partial charge in [-0.25, -0.2) is 0 Å². The molecule has 0 unspecified atom stereocenters. The summed E-state index contributed by atoms with van der Waals surface area (Å²) in [5.74, 6) is -1.33. The van der Waals surface area contributed by atoms with Crippen molar-refractivity contribution in [3.8, 4) is 0 Å². The Hall–Kier alpha value is -2.13. The number of likely N-dealkylation sites (tertiary alicyclic amines) is 2. The molecule has 0 radical (unpaired) electrons. The second-order valence-electron chi connectivity index (χ2n) is 7.64. The summed E-state index contributed by atoms with van der Waals surface area (Å²) in [4.78, 5) is 27.5. The molecule has 160 valence electrons. The monoisotopic (exact) mass is 414 g/mol. The van der Waals surface area contributed by atoms with Crippen LogP contribution in [0.25, 0.3) is 0 Å². The highest BCUT2D eigenvalue weighted by Gasteiger charge is 2.37. The quantitative estimate of drug-likeness (QED) is 0.787. The molecule has 2 aliphatic rings. The van der Waals surface area contributed by atoms with E-state index in [0.29, 0.717) is 39.0 Å². The summed E-state index contributed by atoms with van der Waals surface area (Å²) in [7, 11) is 0. The third-order valence-electron chi connectivity index (χ3n) is 5.74. The molecule has 2 atom stereocenters. The number of rotatable bonds is 4. The number of benzene rings is 1. The van der Waals surface area contributed by atoms with Crippen LogP contribution in [0, 0.1) is 0 Å². The average Bonchev–Trinajstić information content (AvgIpc) is 3.26. The van der Waals surface area contributed by atoms with Crippen molar-refractivity contribution in [2.24, 2.45) is 0 Å². The molecule has 2 heterocycles. The molecule has 0 aliphatic carbocycles. The van der Waals surface area contributed by atoms with E-state index in [1.54, 1.807) is 0 Å². The van der Waals surface area contributed by atoms with Gasteiger partial charge >= 0.3 is 6.18 Å². The lowest BCUT2D eigenvalue weighted by Gasteiger charge is -2.34. The van der Waals surface area contributed by atoms with Gasteiger partial charge < -0.3 is 20.0 Å². The van der Waals surface area contributed by atoms with E-state index in [2.05, 4.69) is 0 Å². The maximum absolute atomic E-state index is 12.7. The van der Waals surface area contributed by atoms with Gasteiger partial charge in [-0.2, -0.15) is 13.2 Å². The van der Waals surface area contributed by atoms with Crippen LogP contribution in [0.4, 0.5) is 13.2 Å². The van der Waals surface area contributed by atoms with Crippen molar-refractivity contribution in [3.63, 3.8) is 0 Å². The highest BCUT2D eigenvalue weighted by Crippen LogP contribution is 2.33. The van der Waals surface area contributed by atoms with Crippen LogP contribution in [0.3, 0.4) is 0 Å². The topological polar surface area (TPSA) is 81.1 Å². The molecule has 6 nitrogen and oxygen atoms in total. The summed E-state index contributed by atoms with van der Waals surface area (Å²) in [6.45, 7) is 1.61. The van der Waals surface area contributed by atoms with E-state index >= 15 is 0 Å². The first-order valence-corrected chi connectivity index (χ1v) is 9.79. The second kappa shape index (κ2) is 8.71. The van der Waals surface area contributed by atoms with Crippen molar-refractivity contribution in [2.75, 3.05) is 26.2 Å². The number of carbonyl (C=O) groups is 2. The molecule has 0 aromatic heterocycles. The van der Waals surface area contributed by atoms with Crippen molar-refractivity contribution in [1.82, 2.24) is 9.80 Å². The van der Waals surface area contributed by atoms with Gasteiger partial charge in [0.2, 0.25) is 0 Å². The largest absolute Gasteiger partial charge is 0.416 e. The molecule has 0 saturated carbocycles. The molecule has 0 spiro atoms. The predicted octanol–water partition coefficient (Wildman–Crippen LogP) is 1.76. The van der Waals surface area contributed by atoms with E-state index in [0.717, 1.165) is 30.5 Å². The summed E-state index contributed by atoms with van der Waals surface area (Å²) >= 11 is 0. The Kier molecular flexibility index (Phi) is 6.48. The highest BCUT2D eigenvalue weighted by atomic mass is 19.4. The van der Waals surface area contributed by atoms with Gasteiger partial charge in [0.1, 0.15) is 0 Å². The van der Waals surface area contributed by atoms with E-state index in [1.807, 2.05) is 0 Å². The minimum Gasteiger partial charge on any atom is -0.380 e. The first kappa shape index (κ1) is 21.6. The Morgan fingerprint density at radius 2 is 1.31 bits per heavy atom. The van der Waals surface area contributed by atoms with Crippen molar-refractivity contribution < 1.29 is 33.0 Å². The lowest BCUT2D eigenvalue weighted by molar-refractivity contribution is -0.158. The molecule has 1 aromatic carbocycles. The number of carbonyl (C=O) groups excluding carboxylic acids is 2. The van der Waals surface area contributed by atoms with E-state index in [1.165, 1.54) is 21.9 Å². The SMILES string of the molecule is O=C([C@H](O)[C@@H](O)C(=O)N1CCC(c2ccc(C(F)(F)F)cc2)CC1)N1CCCC1. The van der Waals surface area contributed by atoms with Crippen LogP contribution in [0.5, 0.6) is 0 Å². The van der Waals surface area contributed by atoms with Crippen LogP contribution < -0.4 is 0 Å². The van der Waals surface area contributed by atoms with Crippen molar-refractivity contribution in [2.45, 2.75) is 50.0 Å². The molecule has 0 bridgehead atoms. The van der Waals surface area contributed by atoms with Gasteiger partial charge in [0.25, 0.3) is 11.8 Å². The molecule has 3 rings (SSSR count). The standard InChI is InChI=1S/C20H25F3N2O4/c21-20(22,23)15-5-3-13(4-6-15)14-7-11-25(12-8-14)19(29)17(27)16(26)18(28)24-9-1-2-10-24/h3-6,14,16-17,26-27H,1-2,7-12H2/t16-,17-/m1/s1. The molecule has 1 aromatic rings. The van der Waals surface area contributed by atoms with Gasteiger partial charge in [-0.3, -0.25) is 9.59 Å². The summed E-state index contributed by atoms with van der Waals surface area (Å²) in [5, 5.41) is 20.3. The van der Waals surface area contributed by atoms with E-state index in [4.69, 9.17) is 0 Å². The summed E-state index contributed by atoms with van der Waals surface area (Å²) in [6.07, 6.45) is -5.25. The Morgan fingerprint density at radius 1 is 0.862 bits per heavy atom. The van der Waals surface area contributed by atoms with Crippen LogP contribution in [0.1, 0.15) is 42.7 Å². The summed E-state index contributed by atoms with van der Waals surface area (Å²) < 4.78 is 38.0. The number of aliphatic hydroxyl groups excluding tert-OH is 2. The summed E-state index contributed by atoms with van der Waals surface area (Å²) in [6, 6.07) is 5.02. The van der Waals surface area contributed by atoms with E-state index in [9.17, 15) is 33.0 Å². The van der Waals surface area contributed by atoms with Crippen LogP contribution in [-0.4, -0.2) is 70.2 Å². The maximum atomic E-state index is 12.7. The highest BCUT2D eigenvalue weighted by molar-refractivity contribution is 5.90. The van der Waals surface area contributed by atoms with Crippen LogP contribution in [0.15, 0.2) is 24.3 Å². The fraction of sp³-hybridized carbons (Fsp3) is 0.600. The number of alkyl halides is 3. The van der Waals surface area contributed by atoms with Gasteiger partial charge in [0, 0.05) is 26.2 Å². The normalized spacial score (nSPS) is 20.6. The minimum atomic E-state index is -4.38. The Balaban J connectivity index is 1.54. The second-order valence-corrected chi connectivity index (χ2v) is 7.64. The van der Waals surface area contributed by atoms with Crippen LogP contribution >= 0.6 is 0 Å². The Morgan fingerprint density at radius 3 is 1.76 bits per heavy atom. The van der Waals surface area contributed by atoms with Crippen LogP contribution in [-0.2, 0) is 15.8 Å². The zero-order chi connectivity index (χ0) is 21.2. The third kappa shape index (κ3) is 4.90. The molecule has 29 heavy (non-hydrogen) atoms. The number of halogens is 3. The van der Waals surface area contributed by atoms with Gasteiger partial charge in [-0.15, -0.1) is 0 Å². The fourth-order valence-electron chi connectivity index (χ4n) is 3.96. The number of aliphatic hydroxyl groups is 2. The van der Waals surface area contributed by atoms with Crippen molar-refractivity contribution >= 4 is 11.8 Å². The number of piperidine rings is 1. The van der Waals surface area contributed by atoms with E-state index in [-0.39, 0.29) is 5.92 Å². The number of hydrogen-bond acceptors (Lipinski definition) is 4. The maximum Gasteiger partial charge on any atom is 0.416 e. The fourth-order valence-corrected chi connectivity index (χ4v) is 3.96. The lowest BCUT2D eigenvalue weighted by atomic mass is 9.88. The third-order valence-corrected chi connectivity index (χ3v) is 5.74. The zero-order valence-corrected chi connectivity index (χ0v) is 15.9. The van der Waals surface area contributed by atoms with Crippen molar-refractivity contribution in [3.05, 3.63) is 35.4 Å². The van der Waals surface area contributed by atoms with Crippen molar-refractivity contribution in [1.29, 1.82) is 0 Å². The van der Waals surface area contributed by atoms with Crippen LogP contribution in [0.2, 0.25) is 0 Å². The first-order chi connectivity index (χ1) is 13.7. The molecule has 2 fully saturated rings. The Bertz CT molecular complexity index is 724. The smallest absolute Gasteiger partial charge is 0.380 e. The average molecular weight is 414 g/mol. The molecule has 2 N–H and O–H groups in total. The molecule has 2 saturated heterocycles. The first-order valence-electron chi connectivity index (χ1n) is 9.79. The van der Waals surface area contributed by atoms with Gasteiger partial charge in [0.05, 0.1) is 5.56 Å². The Labute approximate surface area is 166 Å². The zero-order valence-electron chi connectivity index (χ0n) is 15.9. The molecular formula is C20H25F3N2O4. The van der Waals surface area contributed by atoms with Gasteiger partial charge in [-0.1, -0.05) is 12.1 Å². The van der Waals surface area contributed by atoms with E-state index < -0.39 is 35.8 Å². The van der Waals surface area contributed by atoms with Gasteiger partial charge in [-0.05, 0) is 49.3 Å². The number of nitrogens with zero attached hydrogens (tertiary/aromatic N) is 2. The number of hydrogen-bond donors (Lipinski definition) is 2. The molecule has 2 aliphatic heterocycles. The minimum absolute atomic E-state index is 0.00892. The molecule has 2 amide bonds. The number of amides is 2. The summed E-state index contributed by atoms with van der Waals surface area (Å²) in [5.41, 5.74) is 0.0727. The van der Waals surface area contributed by atoms with Gasteiger partial charge in [0.15, 0.2) is 12.2 Å². The molecular weight excluding hydrogens is 389 g/mol. The predicted molar refractivity (Wildman–Crippen MR) is 97.8 cm³/mol.